The monoisotopic (exact) mass is 271 g/mol. The summed E-state index contributed by atoms with van der Waals surface area (Å²) in [6.07, 6.45) is 2.51. The van der Waals surface area contributed by atoms with Crippen molar-refractivity contribution >= 4 is 23.7 Å². The smallest absolute Gasteiger partial charge is 0.150 e. The van der Waals surface area contributed by atoms with Crippen molar-refractivity contribution in [3.8, 4) is 11.8 Å². The standard InChI is InChI=1S/C14H10ClN3O/c15-13-12(14(16)18-9-17-13)5-4-10-2-1-3-11(8-10)6-7-19/h1-3,7-9H,6H2,(H2,16,17,18). The normalized spacial score (nSPS) is 9.53. The lowest BCUT2D eigenvalue weighted by Crippen LogP contribution is -1.96. The third-order valence-corrected chi connectivity index (χ3v) is 2.69. The highest BCUT2D eigenvalue weighted by atomic mass is 35.5. The highest BCUT2D eigenvalue weighted by molar-refractivity contribution is 6.30. The van der Waals surface area contributed by atoms with E-state index in [4.69, 9.17) is 17.3 Å². The van der Waals surface area contributed by atoms with Gasteiger partial charge in [0.15, 0.2) is 0 Å². The number of benzene rings is 1. The first-order chi connectivity index (χ1) is 9.20. The van der Waals surface area contributed by atoms with E-state index >= 15 is 0 Å². The fourth-order valence-electron chi connectivity index (χ4n) is 1.50. The molecule has 94 valence electrons. The van der Waals surface area contributed by atoms with Crippen molar-refractivity contribution in [2.45, 2.75) is 6.42 Å². The number of hydrogen-bond acceptors (Lipinski definition) is 4. The Bertz CT molecular complexity index is 654. The second-order valence-electron chi connectivity index (χ2n) is 3.75. The van der Waals surface area contributed by atoms with Gasteiger partial charge in [0.1, 0.15) is 29.1 Å². The second kappa shape index (κ2) is 5.98. The molecule has 0 fully saturated rings. The average molecular weight is 272 g/mol. The van der Waals surface area contributed by atoms with E-state index in [-0.39, 0.29) is 11.0 Å². The van der Waals surface area contributed by atoms with Crippen LogP contribution >= 0.6 is 11.6 Å². The van der Waals surface area contributed by atoms with Crippen molar-refractivity contribution in [2.24, 2.45) is 0 Å². The molecule has 1 heterocycles. The van der Waals surface area contributed by atoms with Crippen LogP contribution in [-0.4, -0.2) is 16.3 Å². The van der Waals surface area contributed by atoms with Gasteiger partial charge in [-0.3, -0.25) is 0 Å². The Hall–Kier alpha value is -2.38. The summed E-state index contributed by atoms with van der Waals surface area (Å²) in [5, 5.41) is 0.226. The predicted molar refractivity (Wildman–Crippen MR) is 73.6 cm³/mol. The van der Waals surface area contributed by atoms with Crippen molar-refractivity contribution in [2.75, 3.05) is 5.73 Å². The highest BCUT2D eigenvalue weighted by Gasteiger charge is 2.03. The third-order valence-electron chi connectivity index (χ3n) is 2.41. The molecule has 0 unspecified atom stereocenters. The van der Waals surface area contributed by atoms with Gasteiger partial charge < -0.3 is 10.5 Å². The van der Waals surface area contributed by atoms with Crippen molar-refractivity contribution in [3.05, 3.63) is 52.4 Å². The maximum atomic E-state index is 10.5. The molecule has 0 saturated carbocycles. The van der Waals surface area contributed by atoms with Crippen molar-refractivity contribution < 1.29 is 4.79 Å². The molecule has 2 rings (SSSR count). The largest absolute Gasteiger partial charge is 0.383 e. The lowest BCUT2D eigenvalue weighted by atomic mass is 10.1. The maximum absolute atomic E-state index is 10.5. The predicted octanol–water partition coefficient (Wildman–Crippen LogP) is 1.85. The van der Waals surface area contributed by atoms with Gasteiger partial charge in [0.2, 0.25) is 0 Å². The molecule has 2 aromatic rings. The van der Waals surface area contributed by atoms with Crippen LogP contribution in [0.25, 0.3) is 0 Å². The molecule has 5 heteroatoms. The molecule has 4 nitrogen and oxygen atoms in total. The number of nitrogens with zero attached hydrogens (tertiary/aromatic N) is 2. The summed E-state index contributed by atoms with van der Waals surface area (Å²) < 4.78 is 0. The van der Waals surface area contributed by atoms with Crippen LogP contribution < -0.4 is 5.73 Å². The molecule has 1 aromatic heterocycles. The summed E-state index contributed by atoms with van der Waals surface area (Å²) in [4.78, 5) is 18.1. The molecule has 2 N–H and O–H groups in total. The Balaban J connectivity index is 2.34. The van der Waals surface area contributed by atoms with Gasteiger partial charge in [0, 0.05) is 12.0 Å². The molecule has 0 amide bonds. The summed E-state index contributed by atoms with van der Waals surface area (Å²) >= 11 is 5.90. The van der Waals surface area contributed by atoms with Crippen LogP contribution in [0.1, 0.15) is 16.7 Å². The van der Waals surface area contributed by atoms with Gasteiger partial charge in [0.25, 0.3) is 0 Å². The van der Waals surface area contributed by atoms with Gasteiger partial charge in [0.05, 0.1) is 0 Å². The minimum Gasteiger partial charge on any atom is -0.383 e. The quantitative estimate of drug-likeness (QED) is 0.514. The number of hydrogen-bond donors (Lipinski definition) is 1. The molecule has 0 saturated heterocycles. The highest BCUT2D eigenvalue weighted by Crippen LogP contribution is 2.15. The summed E-state index contributed by atoms with van der Waals surface area (Å²) in [5.41, 5.74) is 7.77. The third kappa shape index (κ3) is 3.30. The molecule has 0 aliphatic rings. The van der Waals surface area contributed by atoms with Gasteiger partial charge in [-0.2, -0.15) is 0 Å². The Morgan fingerprint density at radius 3 is 2.89 bits per heavy atom. The molecule has 0 bridgehead atoms. The van der Waals surface area contributed by atoms with E-state index in [2.05, 4.69) is 21.8 Å². The zero-order valence-corrected chi connectivity index (χ0v) is 10.7. The fraction of sp³-hybridized carbons (Fsp3) is 0.0714. The lowest BCUT2D eigenvalue weighted by molar-refractivity contribution is -0.107. The molecular weight excluding hydrogens is 262 g/mol. The Morgan fingerprint density at radius 2 is 2.16 bits per heavy atom. The van der Waals surface area contributed by atoms with Crippen LogP contribution in [0.5, 0.6) is 0 Å². The van der Waals surface area contributed by atoms with E-state index in [1.54, 1.807) is 0 Å². The van der Waals surface area contributed by atoms with E-state index in [1.165, 1.54) is 6.33 Å². The molecule has 0 atom stereocenters. The number of nitrogen functional groups attached to an aromatic ring is 1. The number of aldehydes is 1. The minimum atomic E-state index is 0.226. The lowest BCUT2D eigenvalue weighted by Gasteiger charge is -1.98. The Kier molecular flexibility index (Phi) is 4.11. The first kappa shape index (κ1) is 13.1. The van der Waals surface area contributed by atoms with Gasteiger partial charge >= 0.3 is 0 Å². The van der Waals surface area contributed by atoms with Gasteiger partial charge in [-0.25, -0.2) is 9.97 Å². The zero-order valence-electron chi connectivity index (χ0n) is 9.93. The van der Waals surface area contributed by atoms with Crippen LogP contribution in [0.3, 0.4) is 0 Å². The van der Waals surface area contributed by atoms with Crippen LogP contribution in [0.4, 0.5) is 5.82 Å². The zero-order chi connectivity index (χ0) is 13.7. The molecule has 0 spiro atoms. The summed E-state index contributed by atoms with van der Waals surface area (Å²) in [6.45, 7) is 0. The van der Waals surface area contributed by atoms with E-state index in [1.807, 2.05) is 24.3 Å². The number of aromatic nitrogens is 2. The molecule has 0 radical (unpaired) electrons. The van der Waals surface area contributed by atoms with E-state index in [0.29, 0.717) is 12.0 Å². The topological polar surface area (TPSA) is 68.9 Å². The van der Waals surface area contributed by atoms with Crippen molar-refractivity contribution in [1.29, 1.82) is 0 Å². The number of rotatable bonds is 2. The number of nitrogens with two attached hydrogens (primary N) is 1. The molecule has 0 aliphatic carbocycles. The summed E-state index contributed by atoms with van der Waals surface area (Å²) in [5.74, 6) is 6.02. The summed E-state index contributed by atoms with van der Waals surface area (Å²) in [7, 11) is 0. The van der Waals surface area contributed by atoms with Crippen LogP contribution in [0.2, 0.25) is 5.15 Å². The van der Waals surface area contributed by atoms with Gasteiger partial charge in [-0.1, -0.05) is 35.6 Å². The minimum absolute atomic E-state index is 0.226. The van der Waals surface area contributed by atoms with E-state index in [0.717, 1.165) is 17.4 Å². The van der Waals surface area contributed by atoms with Gasteiger partial charge in [-0.05, 0) is 17.7 Å². The number of carbonyl (C=O) groups excluding carboxylic acids is 1. The van der Waals surface area contributed by atoms with Crippen LogP contribution in [-0.2, 0) is 11.2 Å². The van der Waals surface area contributed by atoms with Gasteiger partial charge in [-0.15, -0.1) is 0 Å². The number of halogens is 1. The SMILES string of the molecule is Nc1ncnc(Cl)c1C#Cc1cccc(CC=O)c1. The van der Waals surface area contributed by atoms with Crippen molar-refractivity contribution in [3.63, 3.8) is 0 Å². The van der Waals surface area contributed by atoms with Crippen molar-refractivity contribution in [1.82, 2.24) is 9.97 Å². The van der Waals surface area contributed by atoms with Crippen LogP contribution in [0, 0.1) is 11.8 Å². The molecular formula is C14H10ClN3O. The van der Waals surface area contributed by atoms with Crippen LogP contribution in [0.15, 0.2) is 30.6 Å². The van der Waals surface area contributed by atoms with E-state index < -0.39 is 0 Å². The first-order valence-corrected chi connectivity index (χ1v) is 5.89. The molecule has 19 heavy (non-hydrogen) atoms. The van der Waals surface area contributed by atoms with E-state index in [9.17, 15) is 4.79 Å². The average Bonchev–Trinajstić information content (AvgIpc) is 2.39. The number of carbonyl (C=O) groups is 1. The second-order valence-corrected chi connectivity index (χ2v) is 4.10. The Morgan fingerprint density at radius 1 is 1.32 bits per heavy atom. The molecule has 0 aliphatic heterocycles. The number of anilines is 1. The fourth-order valence-corrected chi connectivity index (χ4v) is 1.69. The molecule has 1 aromatic carbocycles. The maximum Gasteiger partial charge on any atom is 0.150 e. The first-order valence-electron chi connectivity index (χ1n) is 5.51. The Labute approximate surface area is 115 Å². The summed E-state index contributed by atoms with van der Waals surface area (Å²) in [6, 6.07) is 7.40.